The van der Waals surface area contributed by atoms with Crippen LogP contribution in [0.4, 0.5) is 0 Å². The summed E-state index contributed by atoms with van der Waals surface area (Å²) in [5.41, 5.74) is -2.92. The van der Waals surface area contributed by atoms with Gasteiger partial charge in [-0.15, -0.1) is 0 Å². The van der Waals surface area contributed by atoms with Crippen molar-refractivity contribution in [1.29, 1.82) is 0 Å². The SMILES string of the molecule is COC(=O)C1=C(C(=O)OC)C(C2C(C(=O)OC)=C(C(=O)OC)SC(C(=O)OC)=C2C(=O)OC)C(C(=O)OC)=C(C(=O)OC)S1. The van der Waals surface area contributed by atoms with Crippen molar-refractivity contribution in [3.8, 4) is 0 Å². The molecule has 2 heterocycles. The third kappa shape index (κ3) is 6.49. The van der Waals surface area contributed by atoms with E-state index < -0.39 is 102 Å². The second-order valence-corrected chi connectivity index (χ2v) is 10.1. The summed E-state index contributed by atoms with van der Waals surface area (Å²) in [5, 5.41) is 0. The van der Waals surface area contributed by atoms with Gasteiger partial charge in [0.2, 0.25) is 0 Å². The lowest BCUT2D eigenvalue weighted by Gasteiger charge is -2.37. The molecule has 2 rings (SSSR count). The molecule has 0 bridgehead atoms. The van der Waals surface area contributed by atoms with Gasteiger partial charge < -0.3 is 37.9 Å². The average Bonchev–Trinajstić information content (AvgIpc) is 3.06. The van der Waals surface area contributed by atoms with Crippen LogP contribution in [0.25, 0.3) is 0 Å². The highest BCUT2D eigenvalue weighted by Crippen LogP contribution is 2.54. The second-order valence-electron chi connectivity index (χ2n) is 8.06. The summed E-state index contributed by atoms with van der Waals surface area (Å²) >= 11 is 0.556. The van der Waals surface area contributed by atoms with Crippen LogP contribution in [0.15, 0.2) is 41.9 Å². The molecule has 0 saturated heterocycles. The van der Waals surface area contributed by atoms with E-state index in [-0.39, 0.29) is 23.5 Å². The van der Waals surface area contributed by atoms with Crippen molar-refractivity contribution in [1.82, 2.24) is 0 Å². The standard InChI is InChI=1S/C26H26O16S2/c1-35-19(27)11-9(12(20(28)36-2)16(24(32)40-6)43-15(11)23(31)39-5)10-13(21(29)37-3)17(25(33)41-7)44-18(26(34)42-8)14(10)22(30)38-4/h9-10H,1-8H3. The molecule has 2 aliphatic heterocycles. The van der Waals surface area contributed by atoms with Gasteiger partial charge in [-0.25, -0.2) is 38.4 Å². The Balaban J connectivity index is 3.45. The van der Waals surface area contributed by atoms with Crippen LogP contribution in [-0.2, 0) is 76.3 Å². The summed E-state index contributed by atoms with van der Waals surface area (Å²) in [6, 6.07) is 0. The van der Waals surface area contributed by atoms with Crippen LogP contribution in [0.2, 0.25) is 0 Å². The topological polar surface area (TPSA) is 210 Å². The number of hydrogen-bond acceptors (Lipinski definition) is 18. The monoisotopic (exact) mass is 658 g/mol. The molecule has 18 heteroatoms. The lowest BCUT2D eigenvalue weighted by molar-refractivity contribution is -0.143. The fourth-order valence-electron chi connectivity index (χ4n) is 4.24. The van der Waals surface area contributed by atoms with Gasteiger partial charge in [-0.1, -0.05) is 23.5 Å². The third-order valence-electron chi connectivity index (χ3n) is 6.07. The lowest BCUT2D eigenvalue weighted by atomic mass is 9.71. The van der Waals surface area contributed by atoms with E-state index in [1.54, 1.807) is 0 Å². The average molecular weight is 659 g/mol. The Morgan fingerprint density at radius 1 is 0.341 bits per heavy atom. The van der Waals surface area contributed by atoms with Crippen LogP contribution in [0.5, 0.6) is 0 Å². The van der Waals surface area contributed by atoms with E-state index >= 15 is 0 Å². The molecule has 0 amide bonds. The molecular weight excluding hydrogens is 632 g/mol. The molecule has 238 valence electrons. The van der Waals surface area contributed by atoms with E-state index in [1.807, 2.05) is 0 Å². The first kappa shape index (κ1) is 35.6. The van der Waals surface area contributed by atoms with Crippen LogP contribution < -0.4 is 0 Å². The maximum atomic E-state index is 13.4. The summed E-state index contributed by atoms with van der Waals surface area (Å²) in [7, 11) is 7.42. The van der Waals surface area contributed by atoms with Gasteiger partial charge >= 0.3 is 47.8 Å². The molecule has 44 heavy (non-hydrogen) atoms. The molecule has 0 aromatic carbocycles. The first-order valence-corrected chi connectivity index (χ1v) is 13.5. The molecule has 0 unspecified atom stereocenters. The normalized spacial score (nSPS) is 15.7. The molecule has 0 fully saturated rings. The number of rotatable bonds is 9. The van der Waals surface area contributed by atoms with E-state index in [1.165, 1.54) is 0 Å². The minimum atomic E-state index is -2.08. The summed E-state index contributed by atoms with van der Waals surface area (Å²) in [6.45, 7) is 0. The zero-order valence-corrected chi connectivity index (χ0v) is 26.1. The van der Waals surface area contributed by atoms with Crippen molar-refractivity contribution >= 4 is 71.3 Å². The van der Waals surface area contributed by atoms with Gasteiger partial charge in [0.1, 0.15) is 19.6 Å². The van der Waals surface area contributed by atoms with Gasteiger partial charge in [-0.3, -0.25) is 0 Å². The van der Waals surface area contributed by atoms with Crippen molar-refractivity contribution in [2.24, 2.45) is 11.8 Å². The Morgan fingerprint density at radius 3 is 0.636 bits per heavy atom. The highest BCUT2D eigenvalue weighted by Gasteiger charge is 2.54. The van der Waals surface area contributed by atoms with Crippen molar-refractivity contribution in [2.45, 2.75) is 0 Å². The zero-order chi connectivity index (χ0) is 33.5. The van der Waals surface area contributed by atoms with Gasteiger partial charge in [0.05, 0.1) is 79.2 Å². The molecular formula is C26H26O16S2. The van der Waals surface area contributed by atoms with E-state index in [0.29, 0.717) is 0 Å². The van der Waals surface area contributed by atoms with Gasteiger partial charge in [0.15, 0.2) is 0 Å². The Kier molecular flexibility index (Phi) is 12.3. The second kappa shape index (κ2) is 15.2. The highest BCUT2D eigenvalue weighted by atomic mass is 32.2. The first-order valence-electron chi connectivity index (χ1n) is 11.8. The molecule has 16 nitrogen and oxygen atoms in total. The molecule has 0 aliphatic carbocycles. The molecule has 0 aromatic heterocycles. The molecule has 0 N–H and O–H groups in total. The summed E-state index contributed by atoms with van der Waals surface area (Å²) in [4.78, 5) is 103. The molecule has 0 aromatic rings. The number of methoxy groups -OCH3 is 8. The number of thioether (sulfide) groups is 2. The molecule has 0 atom stereocenters. The smallest absolute Gasteiger partial charge is 0.345 e. The van der Waals surface area contributed by atoms with Crippen molar-refractivity contribution < 1.29 is 76.3 Å². The minimum absolute atomic E-state index is 0.278. The molecule has 0 radical (unpaired) electrons. The Hall–Kier alpha value is -4.58. The van der Waals surface area contributed by atoms with Crippen LogP contribution in [0, 0.1) is 11.8 Å². The first-order chi connectivity index (χ1) is 20.8. The number of esters is 8. The fourth-order valence-corrected chi connectivity index (χ4v) is 6.60. The lowest BCUT2D eigenvalue weighted by Crippen LogP contribution is -2.41. The van der Waals surface area contributed by atoms with Gasteiger partial charge in [0, 0.05) is 11.8 Å². The van der Waals surface area contributed by atoms with Crippen LogP contribution in [-0.4, -0.2) is 105 Å². The summed E-state index contributed by atoms with van der Waals surface area (Å²) < 4.78 is 38.8. The van der Waals surface area contributed by atoms with E-state index in [4.69, 9.17) is 37.9 Å². The quantitative estimate of drug-likeness (QED) is 0.238. The largest absolute Gasteiger partial charge is 0.466 e. The van der Waals surface area contributed by atoms with Crippen LogP contribution in [0.1, 0.15) is 0 Å². The maximum absolute atomic E-state index is 13.4. The third-order valence-corrected chi connectivity index (χ3v) is 8.43. The predicted octanol–water partition coefficient (Wildman–Crippen LogP) is 0.113. The fraction of sp³-hybridized carbons (Fsp3) is 0.385. The zero-order valence-electron chi connectivity index (χ0n) is 24.5. The van der Waals surface area contributed by atoms with E-state index in [9.17, 15) is 38.4 Å². The van der Waals surface area contributed by atoms with Crippen LogP contribution in [0.3, 0.4) is 0 Å². The summed E-state index contributed by atoms with van der Waals surface area (Å²) in [5.74, 6) is -14.3. The van der Waals surface area contributed by atoms with Crippen molar-refractivity contribution in [3.63, 3.8) is 0 Å². The molecule has 2 aliphatic rings. The summed E-state index contributed by atoms with van der Waals surface area (Å²) in [6.07, 6.45) is 0. The predicted molar refractivity (Wildman–Crippen MR) is 146 cm³/mol. The Morgan fingerprint density at radius 2 is 0.500 bits per heavy atom. The Bertz CT molecular complexity index is 1240. The number of ether oxygens (including phenoxy) is 8. The van der Waals surface area contributed by atoms with Crippen molar-refractivity contribution in [3.05, 3.63) is 41.9 Å². The van der Waals surface area contributed by atoms with Gasteiger partial charge in [0.25, 0.3) is 0 Å². The van der Waals surface area contributed by atoms with Gasteiger partial charge in [-0.2, -0.15) is 0 Å². The van der Waals surface area contributed by atoms with E-state index in [0.717, 1.165) is 56.9 Å². The highest BCUT2D eigenvalue weighted by molar-refractivity contribution is 8.08. The molecule has 0 spiro atoms. The number of hydrogen-bond donors (Lipinski definition) is 0. The van der Waals surface area contributed by atoms with Gasteiger partial charge in [-0.05, 0) is 0 Å². The number of carbonyl (C=O) groups is 8. The minimum Gasteiger partial charge on any atom is -0.466 e. The molecule has 0 saturated carbocycles. The van der Waals surface area contributed by atoms with Crippen molar-refractivity contribution in [2.75, 3.05) is 56.9 Å². The van der Waals surface area contributed by atoms with E-state index in [2.05, 4.69) is 0 Å². The van der Waals surface area contributed by atoms with Crippen LogP contribution >= 0.6 is 23.5 Å². The maximum Gasteiger partial charge on any atom is 0.345 e. The number of carbonyl (C=O) groups excluding carboxylic acids is 8. The Labute approximate surface area is 258 Å².